The normalized spacial score (nSPS) is 26.2. The Morgan fingerprint density at radius 3 is 3.29 bits per heavy atom. The first-order valence-electron chi connectivity index (χ1n) is 6.03. The van der Waals surface area contributed by atoms with E-state index in [1.54, 1.807) is 11.3 Å². The Balaban J connectivity index is 1.78. The van der Waals surface area contributed by atoms with Crippen molar-refractivity contribution in [3.05, 3.63) is 23.5 Å². The minimum Gasteiger partial charge on any atom is -0.381 e. The molecular weight excluding hydrogens is 234 g/mol. The van der Waals surface area contributed by atoms with Crippen molar-refractivity contribution in [3.8, 4) is 0 Å². The highest BCUT2D eigenvalue weighted by Crippen LogP contribution is 2.23. The van der Waals surface area contributed by atoms with Crippen LogP contribution in [0.25, 0.3) is 4.96 Å². The monoisotopic (exact) mass is 251 g/mol. The van der Waals surface area contributed by atoms with Crippen LogP contribution in [0.3, 0.4) is 0 Å². The summed E-state index contributed by atoms with van der Waals surface area (Å²) >= 11 is 1.66. The van der Waals surface area contributed by atoms with Gasteiger partial charge in [-0.2, -0.15) is 0 Å². The van der Waals surface area contributed by atoms with E-state index in [2.05, 4.69) is 15.6 Å². The molecule has 2 aromatic heterocycles. The zero-order chi connectivity index (χ0) is 11.7. The topological polar surface area (TPSA) is 52.5 Å². The molecule has 3 rings (SSSR count). The maximum atomic E-state index is 6.46. The number of thiazole rings is 1. The average molecular weight is 251 g/mol. The summed E-state index contributed by atoms with van der Waals surface area (Å²) in [4.78, 5) is 5.65. The lowest BCUT2D eigenvalue weighted by molar-refractivity contribution is 0.139. The summed E-state index contributed by atoms with van der Waals surface area (Å²) in [7, 11) is 0. The van der Waals surface area contributed by atoms with Crippen molar-refractivity contribution >= 4 is 16.3 Å². The van der Waals surface area contributed by atoms with Crippen molar-refractivity contribution in [2.45, 2.75) is 31.2 Å². The molecule has 0 saturated carbocycles. The molecule has 5 heteroatoms. The fourth-order valence-electron chi connectivity index (χ4n) is 2.43. The number of aromatic nitrogens is 2. The number of rotatable bonds is 2. The van der Waals surface area contributed by atoms with Crippen LogP contribution in [0.4, 0.5) is 0 Å². The van der Waals surface area contributed by atoms with E-state index < -0.39 is 0 Å². The van der Waals surface area contributed by atoms with E-state index in [1.807, 2.05) is 11.6 Å². The number of ether oxygens (including phenoxy) is 1. The van der Waals surface area contributed by atoms with Crippen LogP contribution in [0, 0.1) is 0 Å². The van der Waals surface area contributed by atoms with Crippen molar-refractivity contribution in [3.63, 3.8) is 0 Å². The molecule has 2 N–H and O–H groups in total. The molecule has 1 unspecified atom stereocenters. The molecule has 0 aliphatic carbocycles. The predicted molar refractivity (Wildman–Crippen MR) is 68.4 cm³/mol. The molecule has 0 spiro atoms. The quantitative estimate of drug-likeness (QED) is 0.886. The standard InChI is InChI=1S/C12H17N3OS/c13-12(2-1-5-16-6-3-12)8-10-9-15-4-7-17-11(15)14-10/h4,7,9H,1-3,5-6,8,13H2. The van der Waals surface area contributed by atoms with Crippen LogP contribution in [0.1, 0.15) is 25.0 Å². The van der Waals surface area contributed by atoms with Gasteiger partial charge in [0.2, 0.25) is 0 Å². The van der Waals surface area contributed by atoms with E-state index in [0.717, 1.165) is 49.6 Å². The fraction of sp³-hybridized carbons (Fsp3) is 0.583. The first-order valence-corrected chi connectivity index (χ1v) is 6.91. The van der Waals surface area contributed by atoms with E-state index in [1.165, 1.54) is 0 Å². The predicted octanol–water partition coefficient (Wildman–Crippen LogP) is 1.84. The van der Waals surface area contributed by atoms with Crippen molar-refractivity contribution in [1.29, 1.82) is 0 Å². The Hall–Kier alpha value is -0.910. The molecule has 1 atom stereocenters. The van der Waals surface area contributed by atoms with Crippen LogP contribution < -0.4 is 5.73 Å². The summed E-state index contributed by atoms with van der Waals surface area (Å²) in [6.07, 6.45) is 7.99. The van der Waals surface area contributed by atoms with Gasteiger partial charge in [-0.1, -0.05) is 0 Å². The van der Waals surface area contributed by atoms with Crippen LogP contribution in [0.15, 0.2) is 17.8 Å². The van der Waals surface area contributed by atoms with Crippen LogP contribution in [-0.4, -0.2) is 28.1 Å². The number of nitrogens with zero attached hydrogens (tertiary/aromatic N) is 2. The summed E-state index contributed by atoms with van der Waals surface area (Å²) in [5.41, 5.74) is 7.42. The highest BCUT2D eigenvalue weighted by molar-refractivity contribution is 7.15. The lowest BCUT2D eigenvalue weighted by atomic mass is 9.87. The molecule has 1 saturated heterocycles. The minimum absolute atomic E-state index is 0.138. The van der Waals surface area contributed by atoms with E-state index in [0.29, 0.717) is 0 Å². The van der Waals surface area contributed by atoms with Crippen molar-refractivity contribution in [2.75, 3.05) is 13.2 Å². The van der Waals surface area contributed by atoms with Crippen LogP contribution in [-0.2, 0) is 11.2 Å². The van der Waals surface area contributed by atoms with Crippen LogP contribution >= 0.6 is 11.3 Å². The molecule has 4 nitrogen and oxygen atoms in total. The summed E-state index contributed by atoms with van der Waals surface area (Å²) < 4.78 is 7.53. The Morgan fingerprint density at radius 1 is 1.47 bits per heavy atom. The van der Waals surface area contributed by atoms with Gasteiger partial charge in [0.05, 0.1) is 5.69 Å². The molecule has 1 aliphatic heterocycles. The molecule has 17 heavy (non-hydrogen) atoms. The molecule has 92 valence electrons. The van der Waals surface area contributed by atoms with Crippen molar-refractivity contribution in [2.24, 2.45) is 5.73 Å². The molecule has 0 amide bonds. The van der Waals surface area contributed by atoms with Gasteiger partial charge in [-0.05, 0) is 19.3 Å². The van der Waals surface area contributed by atoms with Crippen molar-refractivity contribution in [1.82, 2.24) is 9.38 Å². The lowest BCUT2D eigenvalue weighted by Crippen LogP contribution is -2.42. The second-order valence-corrected chi connectivity index (χ2v) is 5.70. The molecular formula is C12H17N3OS. The second kappa shape index (κ2) is 4.40. The highest BCUT2D eigenvalue weighted by Gasteiger charge is 2.27. The number of imidazole rings is 1. The van der Waals surface area contributed by atoms with E-state index in [9.17, 15) is 0 Å². The van der Waals surface area contributed by atoms with Crippen LogP contribution in [0.5, 0.6) is 0 Å². The van der Waals surface area contributed by atoms with E-state index >= 15 is 0 Å². The van der Waals surface area contributed by atoms with E-state index in [4.69, 9.17) is 10.5 Å². The maximum Gasteiger partial charge on any atom is 0.193 e. The van der Waals surface area contributed by atoms with Crippen LogP contribution in [0.2, 0.25) is 0 Å². The smallest absolute Gasteiger partial charge is 0.193 e. The summed E-state index contributed by atoms with van der Waals surface area (Å²) in [6, 6.07) is 0. The summed E-state index contributed by atoms with van der Waals surface area (Å²) in [5.74, 6) is 0. The largest absolute Gasteiger partial charge is 0.381 e. The third-order valence-corrected chi connectivity index (χ3v) is 4.15. The lowest BCUT2D eigenvalue weighted by Gasteiger charge is -2.26. The SMILES string of the molecule is NC1(Cc2cn3ccsc3n2)CCCOCC1. The van der Waals surface area contributed by atoms with Gasteiger partial charge in [-0.3, -0.25) is 4.40 Å². The van der Waals surface area contributed by atoms with E-state index in [-0.39, 0.29) is 5.54 Å². The molecule has 0 radical (unpaired) electrons. The molecule has 2 aromatic rings. The third-order valence-electron chi connectivity index (χ3n) is 3.38. The molecule has 1 fully saturated rings. The third kappa shape index (κ3) is 2.36. The van der Waals surface area contributed by atoms with Gasteiger partial charge in [-0.25, -0.2) is 4.98 Å². The molecule has 3 heterocycles. The van der Waals surface area contributed by atoms with Gasteiger partial charge in [0.25, 0.3) is 0 Å². The van der Waals surface area contributed by atoms with Gasteiger partial charge < -0.3 is 10.5 Å². The second-order valence-electron chi connectivity index (χ2n) is 4.83. The van der Waals surface area contributed by atoms with Gasteiger partial charge in [0, 0.05) is 42.9 Å². The number of hydrogen-bond donors (Lipinski definition) is 1. The highest BCUT2D eigenvalue weighted by atomic mass is 32.1. The average Bonchev–Trinajstić information content (AvgIpc) is 2.76. The molecule has 0 aromatic carbocycles. The maximum absolute atomic E-state index is 6.46. The fourth-order valence-corrected chi connectivity index (χ4v) is 3.15. The van der Waals surface area contributed by atoms with Gasteiger partial charge in [0.1, 0.15) is 0 Å². The Morgan fingerprint density at radius 2 is 2.41 bits per heavy atom. The van der Waals surface area contributed by atoms with Gasteiger partial charge >= 0.3 is 0 Å². The molecule has 0 bridgehead atoms. The number of hydrogen-bond acceptors (Lipinski definition) is 4. The zero-order valence-electron chi connectivity index (χ0n) is 9.76. The Kier molecular flexibility index (Phi) is 2.90. The first kappa shape index (κ1) is 11.2. The Bertz CT molecular complexity index is 468. The Labute approximate surface area is 104 Å². The first-order chi connectivity index (χ1) is 8.25. The molecule has 1 aliphatic rings. The summed E-state index contributed by atoms with van der Waals surface area (Å²) in [6.45, 7) is 1.62. The van der Waals surface area contributed by atoms with Gasteiger partial charge in [-0.15, -0.1) is 11.3 Å². The minimum atomic E-state index is -0.138. The number of nitrogens with two attached hydrogens (primary N) is 1. The summed E-state index contributed by atoms with van der Waals surface area (Å²) in [5, 5.41) is 2.05. The van der Waals surface area contributed by atoms with Crippen molar-refractivity contribution < 1.29 is 4.74 Å². The van der Waals surface area contributed by atoms with Gasteiger partial charge in [0.15, 0.2) is 4.96 Å². The zero-order valence-corrected chi connectivity index (χ0v) is 10.6. The number of fused-ring (bicyclic) bond motifs is 1.